The Morgan fingerprint density at radius 1 is 0.218 bits per heavy atom. The van der Waals surface area contributed by atoms with Crippen LogP contribution in [-0.2, 0) is 19.2 Å². The minimum atomic E-state index is -0.675. The van der Waals surface area contributed by atoms with E-state index in [9.17, 15) is 19.2 Å². The molecule has 0 unspecified atom stereocenters. The third-order valence-corrected chi connectivity index (χ3v) is 13.5. The van der Waals surface area contributed by atoms with E-state index >= 15 is 0 Å². The van der Waals surface area contributed by atoms with Gasteiger partial charge in [0.25, 0.3) is 0 Å². The normalized spacial score (nSPS) is 11.4. The van der Waals surface area contributed by atoms with Gasteiger partial charge in [0.2, 0.25) is 0 Å². The second-order valence-corrected chi connectivity index (χ2v) is 21.5. The van der Waals surface area contributed by atoms with Crippen LogP contribution in [0.5, 0.6) is 0 Å². The highest BCUT2D eigenvalue weighted by Crippen LogP contribution is 2.14. The second-order valence-electron chi connectivity index (χ2n) is 21.5. The van der Waals surface area contributed by atoms with Gasteiger partial charge in [0, 0.05) is 25.7 Å². The SMILES string of the molecule is CC/C=C\C/C=C\C/C=C\CCCCCCCC(=O)O.CCCCC/C=C\C/C=C\CCCCCCCC(=O)O.CCCCCCCC/C=C\CCCCCCCC(=O)O.CCCCCCCCCCCCCCCC(=O)O. The fourth-order valence-electron chi connectivity index (χ4n) is 8.62. The summed E-state index contributed by atoms with van der Waals surface area (Å²) in [5, 5.41) is 34.0. The van der Waals surface area contributed by atoms with Gasteiger partial charge in [-0.05, 0) is 116 Å². The van der Waals surface area contributed by atoms with Crippen molar-refractivity contribution in [1.29, 1.82) is 0 Å². The van der Waals surface area contributed by atoms with Crippen molar-refractivity contribution in [2.45, 2.75) is 349 Å². The number of unbranched alkanes of at least 4 members (excludes halogenated alkanes) is 36. The van der Waals surface area contributed by atoms with Crippen LogP contribution in [0.1, 0.15) is 349 Å². The predicted octanol–water partition coefficient (Wildman–Crippen LogP) is 23.2. The van der Waals surface area contributed by atoms with E-state index in [1.54, 1.807) is 0 Å². The molecule has 0 fully saturated rings. The maximum Gasteiger partial charge on any atom is 0.303 e. The molecule has 0 saturated heterocycles. The van der Waals surface area contributed by atoms with E-state index in [4.69, 9.17) is 20.4 Å². The molecular formula is C70H128O8. The van der Waals surface area contributed by atoms with Crippen LogP contribution in [0.15, 0.2) is 72.9 Å². The molecule has 8 nitrogen and oxygen atoms in total. The fourth-order valence-corrected chi connectivity index (χ4v) is 8.62. The predicted molar refractivity (Wildman–Crippen MR) is 339 cm³/mol. The summed E-state index contributed by atoms with van der Waals surface area (Å²) in [6.07, 6.45) is 84.2. The molecule has 0 heterocycles. The lowest BCUT2D eigenvalue weighted by molar-refractivity contribution is -0.138. The number of rotatable bonds is 56. The van der Waals surface area contributed by atoms with Gasteiger partial charge in [-0.1, -0.05) is 280 Å². The van der Waals surface area contributed by atoms with Crippen molar-refractivity contribution in [3.63, 3.8) is 0 Å². The van der Waals surface area contributed by atoms with E-state index in [1.165, 1.54) is 199 Å². The van der Waals surface area contributed by atoms with Gasteiger partial charge in [-0.2, -0.15) is 0 Å². The quantitative estimate of drug-likeness (QED) is 0.0347. The smallest absolute Gasteiger partial charge is 0.303 e. The van der Waals surface area contributed by atoms with Gasteiger partial charge >= 0.3 is 23.9 Å². The molecule has 0 saturated carbocycles. The number of aliphatic carboxylic acids is 4. The lowest BCUT2D eigenvalue weighted by Gasteiger charge is -2.02. The number of hydrogen-bond acceptors (Lipinski definition) is 4. The first-order chi connectivity index (χ1) is 38.1. The zero-order valence-corrected chi connectivity index (χ0v) is 51.7. The molecule has 0 radical (unpaired) electrons. The summed E-state index contributed by atoms with van der Waals surface area (Å²) < 4.78 is 0. The third kappa shape index (κ3) is 94.7. The number of carboxylic acids is 4. The molecule has 0 amide bonds. The molecule has 4 N–H and O–H groups in total. The summed E-state index contributed by atoms with van der Waals surface area (Å²) in [6.45, 7) is 8.90. The largest absolute Gasteiger partial charge is 0.481 e. The number of carboxylic acid groups (broad SMARTS) is 4. The molecule has 0 aliphatic rings. The van der Waals surface area contributed by atoms with Crippen LogP contribution in [-0.4, -0.2) is 44.3 Å². The van der Waals surface area contributed by atoms with E-state index in [0.29, 0.717) is 25.7 Å². The molecule has 0 aromatic heterocycles. The van der Waals surface area contributed by atoms with Crippen molar-refractivity contribution in [1.82, 2.24) is 0 Å². The highest BCUT2D eigenvalue weighted by atomic mass is 16.4. The Hall–Kier alpha value is -3.68. The van der Waals surface area contributed by atoms with Crippen LogP contribution in [0.3, 0.4) is 0 Å². The first-order valence-corrected chi connectivity index (χ1v) is 32.9. The zero-order chi connectivity index (χ0) is 58.2. The lowest BCUT2D eigenvalue weighted by Crippen LogP contribution is -1.93. The van der Waals surface area contributed by atoms with E-state index in [-0.39, 0.29) is 0 Å². The molecule has 0 rings (SSSR count). The van der Waals surface area contributed by atoms with Gasteiger partial charge < -0.3 is 20.4 Å². The molecular weight excluding hydrogens is 969 g/mol. The van der Waals surface area contributed by atoms with Crippen molar-refractivity contribution in [2.24, 2.45) is 0 Å². The van der Waals surface area contributed by atoms with Crippen molar-refractivity contribution in [2.75, 3.05) is 0 Å². The Kier molecular flexibility index (Phi) is 80.3. The summed E-state index contributed by atoms with van der Waals surface area (Å²) in [6, 6.07) is 0. The standard InChI is InChI=1S/C18H34O2.C18H32O2.C18H30O2.C16H32O2/c3*1-2-3-4-5-6-7-8-9-10-11-12-13-14-15-16-17-18(19)20;1-2-3-4-5-6-7-8-9-10-11-12-13-14-15-16(17)18/h9-10H,2-8,11-17H2,1H3,(H,19,20);6-7,9-10H,2-5,8,11-17H2,1H3,(H,19,20);3-4,6-7,9-10H,2,5,8,11-17H2,1H3,(H,19,20);2-15H2,1H3,(H,17,18)/b10-9-;7-6-,10-9-;4-3-,7-6-,10-9-;. The molecule has 456 valence electrons. The summed E-state index contributed by atoms with van der Waals surface area (Å²) in [4.78, 5) is 41.3. The molecule has 8 heteroatoms. The second kappa shape index (κ2) is 77.5. The first kappa shape index (κ1) is 80.8. The maximum atomic E-state index is 10.3. The highest BCUT2D eigenvalue weighted by molar-refractivity contribution is 5.67. The van der Waals surface area contributed by atoms with Crippen LogP contribution in [0.4, 0.5) is 0 Å². The van der Waals surface area contributed by atoms with Gasteiger partial charge in [-0.25, -0.2) is 0 Å². The number of hydrogen-bond donors (Lipinski definition) is 4. The van der Waals surface area contributed by atoms with Crippen molar-refractivity contribution >= 4 is 23.9 Å². The molecule has 0 aliphatic heterocycles. The summed E-state index contributed by atoms with van der Waals surface area (Å²) in [5.41, 5.74) is 0. The van der Waals surface area contributed by atoms with E-state index in [0.717, 1.165) is 96.3 Å². The molecule has 0 spiro atoms. The van der Waals surface area contributed by atoms with Gasteiger partial charge in [-0.15, -0.1) is 0 Å². The molecule has 0 aromatic rings. The lowest BCUT2D eigenvalue weighted by atomic mass is 10.0. The average molecular weight is 1100 g/mol. The monoisotopic (exact) mass is 1100 g/mol. The van der Waals surface area contributed by atoms with Crippen molar-refractivity contribution < 1.29 is 39.6 Å². The first-order valence-electron chi connectivity index (χ1n) is 32.9. The van der Waals surface area contributed by atoms with Crippen LogP contribution in [0.2, 0.25) is 0 Å². The molecule has 0 aromatic carbocycles. The minimum Gasteiger partial charge on any atom is -0.481 e. The van der Waals surface area contributed by atoms with E-state index in [2.05, 4.69) is 101 Å². The van der Waals surface area contributed by atoms with Gasteiger partial charge in [0.1, 0.15) is 0 Å². The number of carbonyl (C=O) groups is 4. The molecule has 0 atom stereocenters. The highest BCUT2D eigenvalue weighted by Gasteiger charge is 2.00. The van der Waals surface area contributed by atoms with Crippen LogP contribution in [0.25, 0.3) is 0 Å². The maximum absolute atomic E-state index is 10.3. The summed E-state index contributed by atoms with van der Waals surface area (Å²) in [7, 11) is 0. The zero-order valence-electron chi connectivity index (χ0n) is 51.7. The average Bonchev–Trinajstić information content (AvgIpc) is 3.41. The fraction of sp³-hybridized carbons (Fsp3) is 0.771. The van der Waals surface area contributed by atoms with Gasteiger partial charge in [0.15, 0.2) is 0 Å². The topological polar surface area (TPSA) is 149 Å². The Morgan fingerprint density at radius 3 is 0.615 bits per heavy atom. The Labute approximate surface area is 483 Å². The third-order valence-electron chi connectivity index (χ3n) is 13.5. The molecule has 0 aliphatic carbocycles. The van der Waals surface area contributed by atoms with Crippen LogP contribution >= 0.6 is 0 Å². The van der Waals surface area contributed by atoms with E-state index < -0.39 is 23.9 Å². The Bertz CT molecular complexity index is 1390. The summed E-state index contributed by atoms with van der Waals surface area (Å²) in [5.74, 6) is -2.66. The van der Waals surface area contributed by atoms with Crippen molar-refractivity contribution in [3.8, 4) is 0 Å². The molecule has 0 bridgehead atoms. The van der Waals surface area contributed by atoms with Gasteiger partial charge in [0.05, 0.1) is 0 Å². The Morgan fingerprint density at radius 2 is 0.385 bits per heavy atom. The van der Waals surface area contributed by atoms with Crippen molar-refractivity contribution in [3.05, 3.63) is 72.9 Å². The van der Waals surface area contributed by atoms with E-state index in [1.807, 2.05) is 0 Å². The van der Waals surface area contributed by atoms with Gasteiger partial charge in [-0.3, -0.25) is 19.2 Å². The van der Waals surface area contributed by atoms with Crippen LogP contribution in [0, 0.1) is 0 Å². The number of allylic oxidation sites excluding steroid dienone is 12. The summed E-state index contributed by atoms with van der Waals surface area (Å²) >= 11 is 0. The van der Waals surface area contributed by atoms with Crippen LogP contribution < -0.4 is 0 Å². The minimum absolute atomic E-state index is 0.319. The molecule has 78 heavy (non-hydrogen) atoms. The Balaban J connectivity index is -0.000000468.